The summed E-state index contributed by atoms with van der Waals surface area (Å²) in [6, 6.07) is 3.34. The highest BCUT2D eigenvalue weighted by Crippen LogP contribution is 2.24. The summed E-state index contributed by atoms with van der Waals surface area (Å²) in [5.74, 6) is 0. The van der Waals surface area contributed by atoms with E-state index in [0.29, 0.717) is 15.0 Å². The van der Waals surface area contributed by atoms with Crippen molar-refractivity contribution in [3.8, 4) is 6.07 Å². The van der Waals surface area contributed by atoms with E-state index in [1.807, 2.05) is 28.7 Å². The second-order valence-electron chi connectivity index (χ2n) is 2.73. The van der Waals surface area contributed by atoms with E-state index in [9.17, 15) is 8.78 Å². The molecule has 14 heavy (non-hydrogen) atoms. The third-order valence-corrected chi connectivity index (χ3v) is 2.69. The van der Waals surface area contributed by atoms with Crippen molar-refractivity contribution in [3.05, 3.63) is 26.6 Å². The molecule has 0 aliphatic carbocycles. The Balaban J connectivity index is 3.18. The van der Waals surface area contributed by atoms with E-state index in [0.717, 1.165) is 0 Å². The first kappa shape index (κ1) is 11.3. The molecule has 0 aromatic carbocycles. The van der Waals surface area contributed by atoms with Crippen LogP contribution in [0.25, 0.3) is 0 Å². The minimum absolute atomic E-state index is 0.0592. The Morgan fingerprint density at radius 1 is 1.64 bits per heavy atom. The molecule has 0 fully saturated rings. The number of hydrogen-bond donors (Lipinski definition) is 0. The van der Waals surface area contributed by atoms with Crippen LogP contribution in [-0.2, 0) is 6.42 Å². The topological polar surface area (TPSA) is 36.7 Å². The van der Waals surface area contributed by atoms with Gasteiger partial charge in [0.2, 0.25) is 0 Å². The van der Waals surface area contributed by atoms with Crippen molar-refractivity contribution in [2.24, 2.45) is 0 Å². The van der Waals surface area contributed by atoms with Gasteiger partial charge in [-0.2, -0.15) is 5.26 Å². The summed E-state index contributed by atoms with van der Waals surface area (Å²) >= 11 is 1.91. The maximum absolute atomic E-state index is 12.4. The van der Waals surface area contributed by atoms with Gasteiger partial charge in [-0.15, -0.1) is 0 Å². The smallest absolute Gasteiger partial charge is 0.255 e. The molecule has 0 saturated heterocycles. The van der Waals surface area contributed by atoms with Crippen LogP contribution in [0.4, 0.5) is 8.78 Å². The minimum atomic E-state index is -2.51. The lowest BCUT2D eigenvalue weighted by Crippen LogP contribution is -2.00. The maximum Gasteiger partial charge on any atom is 0.265 e. The Kier molecular flexibility index (Phi) is 3.75. The van der Waals surface area contributed by atoms with Crippen LogP contribution in [0.5, 0.6) is 0 Å². The molecule has 0 aliphatic heterocycles. The third-order valence-electron chi connectivity index (χ3n) is 1.76. The zero-order valence-electron chi connectivity index (χ0n) is 7.39. The molecule has 0 N–H and O–H groups in total. The number of halogens is 3. The number of alkyl halides is 2. The number of rotatable bonds is 2. The molecule has 1 heterocycles. The summed E-state index contributed by atoms with van der Waals surface area (Å²) in [6.07, 6.45) is -2.35. The van der Waals surface area contributed by atoms with Gasteiger partial charge >= 0.3 is 0 Å². The first-order valence-corrected chi connectivity index (χ1v) is 4.95. The summed E-state index contributed by atoms with van der Waals surface area (Å²) in [6.45, 7) is 1.53. The van der Waals surface area contributed by atoms with Crippen LogP contribution in [0.3, 0.4) is 0 Å². The minimum Gasteiger partial charge on any atom is -0.255 e. The Morgan fingerprint density at radius 3 is 2.79 bits per heavy atom. The largest absolute Gasteiger partial charge is 0.265 e. The fourth-order valence-corrected chi connectivity index (χ4v) is 1.71. The number of nitriles is 1. The van der Waals surface area contributed by atoms with Crippen LogP contribution in [0.15, 0.2) is 6.07 Å². The predicted molar refractivity (Wildman–Crippen MR) is 56.0 cm³/mol. The predicted octanol–water partition coefficient (Wildman–Crippen LogP) is 3.00. The SMILES string of the molecule is Cc1nc(CC#N)c(I)cc1C(F)F. The Labute approximate surface area is 94.1 Å². The molecule has 74 valence electrons. The first-order chi connectivity index (χ1) is 6.56. The lowest BCUT2D eigenvalue weighted by molar-refractivity contribution is 0.150. The molecule has 0 saturated carbocycles. The van der Waals surface area contributed by atoms with Crippen molar-refractivity contribution < 1.29 is 8.78 Å². The molecule has 0 spiro atoms. The standard InChI is InChI=1S/C9H7F2IN2/c1-5-6(9(10)11)4-7(12)8(14-5)2-3-13/h4,9H,2H2,1H3. The average molecular weight is 308 g/mol. The highest BCUT2D eigenvalue weighted by Gasteiger charge is 2.14. The summed E-state index contributed by atoms with van der Waals surface area (Å²) in [4.78, 5) is 3.97. The van der Waals surface area contributed by atoms with Gasteiger partial charge in [-0.05, 0) is 35.6 Å². The molecule has 1 aromatic heterocycles. The van der Waals surface area contributed by atoms with Crippen LogP contribution in [0, 0.1) is 21.8 Å². The van der Waals surface area contributed by atoms with Crippen LogP contribution < -0.4 is 0 Å². The molecule has 0 unspecified atom stereocenters. The monoisotopic (exact) mass is 308 g/mol. The van der Waals surface area contributed by atoms with Crippen molar-refractivity contribution in [3.63, 3.8) is 0 Å². The fourth-order valence-electron chi connectivity index (χ4n) is 1.06. The maximum atomic E-state index is 12.4. The number of aromatic nitrogens is 1. The van der Waals surface area contributed by atoms with E-state index in [4.69, 9.17) is 5.26 Å². The van der Waals surface area contributed by atoms with Gasteiger partial charge in [-0.25, -0.2) is 8.78 Å². The van der Waals surface area contributed by atoms with E-state index >= 15 is 0 Å². The quantitative estimate of drug-likeness (QED) is 0.788. The van der Waals surface area contributed by atoms with Gasteiger partial charge in [-0.3, -0.25) is 4.98 Å². The van der Waals surface area contributed by atoms with E-state index in [1.54, 1.807) is 0 Å². The second-order valence-corrected chi connectivity index (χ2v) is 3.89. The lowest BCUT2D eigenvalue weighted by Gasteiger charge is -2.07. The van der Waals surface area contributed by atoms with Crippen molar-refractivity contribution >= 4 is 22.6 Å². The molecule has 2 nitrogen and oxygen atoms in total. The van der Waals surface area contributed by atoms with Crippen LogP contribution in [0.2, 0.25) is 0 Å². The molecular formula is C9H7F2IN2. The van der Waals surface area contributed by atoms with Gasteiger partial charge < -0.3 is 0 Å². The van der Waals surface area contributed by atoms with E-state index in [1.165, 1.54) is 13.0 Å². The van der Waals surface area contributed by atoms with Crippen LogP contribution >= 0.6 is 22.6 Å². The zero-order valence-corrected chi connectivity index (χ0v) is 9.55. The van der Waals surface area contributed by atoms with E-state index in [-0.39, 0.29) is 12.0 Å². The molecule has 0 bridgehead atoms. The van der Waals surface area contributed by atoms with E-state index < -0.39 is 6.43 Å². The Morgan fingerprint density at radius 2 is 2.29 bits per heavy atom. The summed E-state index contributed by atoms with van der Waals surface area (Å²) < 4.78 is 25.4. The fraction of sp³-hybridized carbons (Fsp3) is 0.333. The summed E-state index contributed by atoms with van der Waals surface area (Å²) in [7, 11) is 0. The summed E-state index contributed by atoms with van der Waals surface area (Å²) in [5.41, 5.74) is 0.803. The number of pyridine rings is 1. The Bertz CT molecular complexity index is 385. The van der Waals surface area contributed by atoms with Gasteiger partial charge in [0.05, 0.1) is 18.2 Å². The Hall–Kier alpha value is -0.770. The highest BCUT2D eigenvalue weighted by atomic mass is 127. The molecule has 0 amide bonds. The number of hydrogen-bond acceptors (Lipinski definition) is 2. The number of nitrogens with zero attached hydrogens (tertiary/aromatic N) is 2. The van der Waals surface area contributed by atoms with Crippen molar-refractivity contribution in [1.29, 1.82) is 5.26 Å². The van der Waals surface area contributed by atoms with Crippen molar-refractivity contribution in [2.45, 2.75) is 19.8 Å². The highest BCUT2D eigenvalue weighted by molar-refractivity contribution is 14.1. The zero-order chi connectivity index (χ0) is 10.7. The van der Waals surface area contributed by atoms with Crippen molar-refractivity contribution in [2.75, 3.05) is 0 Å². The normalized spacial score (nSPS) is 10.3. The molecular weight excluding hydrogens is 301 g/mol. The van der Waals surface area contributed by atoms with Gasteiger partial charge in [0.25, 0.3) is 6.43 Å². The van der Waals surface area contributed by atoms with Gasteiger partial charge in [-0.1, -0.05) is 0 Å². The second kappa shape index (κ2) is 4.64. The van der Waals surface area contributed by atoms with Crippen molar-refractivity contribution in [1.82, 2.24) is 4.98 Å². The third kappa shape index (κ3) is 2.38. The van der Waals surface area contributed by atoms with E-state index in [2.05, 4.69) is 4.98 Å². The molecule has 1 aromatic rings. The van der Waals surface area contributed by atoms with Crippen LogP contribution in [0.1, 0.15) is 23.4 Å². The van der Waals surface area contributed by atoms with Gasteiger partial charge in [0.1, 0.15) is 0 Å². The van der Waals surface area contributed by atoms with Crippen LogP contribution in [-0.4, -0.2) is 4.98 Å². The first-order valence-electron chi connectivity index (χ1n) is 3.87. The molecule has 5 heteroatoms. The van der Waals surface area contributed by atoms with Gasteiger partial charge in [0.15, 0.2) is 0 Å². The molecule has 1 rings (SSSR count). The molecule has 0 atom stereocenters. The number of aryl methyl sites for hydroxylation is 1. The van der Waals surface area contributed by atoms with Gasteiger partial charge in [0, 0.05) is 14.8 Å². The molecule has 0 radical (unpaired) electrons. The summed E-state index contributed by atoms with van der Waals surface area (Å²) in [5, 5.41) is 8.47. The molecule has 0 aliphatic rings. The lowest BCUT2D eigenvalue weighted by atomic mass is 10.2. The average Bonchev–Trinajstić information content (AvgIpc) is 2.10.